The molecule has 0 N–H and O–H groups in total. The SMILES string of the molecule is O=C(/C=C/c1nc2ccccc2o1)OCCOc1ccc(Br)cc1. The Morgan fingerprint density at radius 3 is 2.71 bits per heavy atom. The van der Waals surface area contributed by atoms with E-state index in [1.54, 1.807) is 0 Å². The molecule has 0 aliphatic heterocycles. The van der Waals surface area contributed by atoms with Crippen LogP contribution in [0.2, 0.25) is 0 Å². The third-order valence-corrected chi connectivity index (χ3v) is 3.61. The van der Waals surface area contributed by atoms with Gasteiger partial charge in [-0.25, -0.2) is 9.78 Å². The van der Waals surface area contributed by atoms with E-state index in [-0.39, 0.29) is 13.2 Å². The van der Waals surface area contributed by atoms with Crippen LogP contribution in [0.3, 0.4) is 0 Å². The van der Waals surface area contributed by atoms with Gasteiger partial charge in [0.2, 0.25) is 5.89 Å². The quantitative estimate of drug-likeness (QED) is 0.359. The Bertz CT molecular complexity index is 822. The number of carbonyl (C=O) groups is 1. The van der Waals surface area contributed by atoms with Crippen molar-refractivity contribution in [2.24, 2.45) is 0 Å². The van der Waals surface area contributed by atoms with Crippen LogP contribution in [-0.2, 0) is 9.53 Å². The summed E-state index contributed by atoms with van der Waals surface area (Å²) in [6.07, 6.45) is 2.77. The smallest absolute Gasteiger partial charge is 0.331 e. The molecule has 122 valence electrons. The van der Waals surface area contributed by atoms with Gasteiger partial charge in [-0.05, 0) is 36.4 Å². The lowest BCUT2D eigenvalue weighted by atomic mass is 10.3. The first kappa shape index (κ1) is 16.3. The fourth-order valence-corrected chi connectivity index (χ4v) is 2.25. The molecule has 1 aromatic heterocycles. The first-order valence-corrected chi connectivity index (χ1v) is 8.09. The van der Waals surface area contributed by atoms with Crippen molar-refractivity contribution in [3.05, 3.63) is 65.0 Å². The molecule has 24 heavy (non-hydrogen) atoms. The molecule has 0 spiro atoms. The zero-order chi connectivity index (χ0) is 16.8. The molecule has 0 unspecified atom stereocenters. The van der Waals surface area contributed by atoms with Crippen LogP contribution in [0.15, 0.2) is 63.5 Å². The Hall–Kier alpha value is -2.60. The zero-order valence-corrected chi connectivity index (χ0v) is 14.2. The molecule has 0 saturated heterocycles. The number of nitrogens with zero attached hydrogens (tertiary/aromatic N) is 1. The summed E-state index contributed by atoms with van der Waals surface area (Å²) in [5, 5.41) is 0. The van der Waals surface area contributed by atoms with Crippen molar-refractivity contribution in [3.63, 3.8) is 0 Å². The first-order valence-electron chi connectivity index (χ1n) is 7.29. The van der Waals surface area contributed by atoms with Crippen LogP contribution >= 0.6 is 15.9 Å². The monoisotopic (exact) mass is 387 g/mol. The van der Waals surface area contributed by atoms with Crippen molar-refractivity contribution in [1.82, 2.24) is 4.98 Å². The number of hydrogen-bond donors (Lipinski definition) is 0. The second kappa shape index (κ2) is 7.79. The predicted molar refractivity (Wildman–Crippen MR) is 93.6 cm³/mol. The molecule has 0 aliphatic rings. The Morgan fingerprint density at radius 2 is 1.92 bits per heavy atom. The second-order valence-corrected chi connectivity index (χ2v) is 5.74. The average Bonchev–Trinajstić information content (AvgIpc) is 3.01. The molecule has 0 fully saturated rings. The lowest BCUT2D eigenvalue weighted by molar-refractivity contribution is -0.138. The Balaban J connectivity index is 1.44. The van der Waals surface area contributed by atoms with Crippen LogP contribution in [0.25, 0.3) is 17.2 Å². The van der Waals surface area contributed by atoms with Gasteiger partial charge in [-0.2, -0.15) is 0 Å². The van der Waals surface area contributed by atoms with Gasteiger partial charge in [0, 0.05) is 16.6 Å². The zero-order valence-electron chi connectivity index (χ0n) is 12.6. The second-order valence-electron chi connectivity index (χ2n) is 4.82. The number of halogens is 1. The minimum absolute atomic E-state index is 0.160. The highest BCUT2D eigenvalue weighted by Crippen LogP contribution is 2.16. The van der Waals surface area contributed by atoms with Gasteiger partial charge in [-0.1, -0.05) is 28.1 Å². The minimum Gasteiger partial charge on any atom is -0.490 e. The number of fused-ring (bicyclic) bond motifs is 1. The molecule has 3 rings (SSSR count). The van der Waals surface area contributed by atoms with Crippen molar-refractivity contribution >= 4 is 39.1 Å². The molecule has 6 heteroatoms. The van der Waals surface area contributed by atoms with E-state index >= 15 is 0 Å². The van der Waals surface area contributed by atoms with Crippen LogP contribution in [0.1, 0.15) is 5.89 Å². The van der Waals surface area contributed by atoms with Gasteiger partial charge < -0.3 is 13.9 Å². The van der Waals surface area contributed by atoms with E-state index in [4.69, 9.17) is 13.9 Å². The van der Waals surface area contributed by atoms with Crippen LogP contribution < -0.4 is 4.74 Å². The summed E-state index contributed by atoms with van der Waals surface area (Å²) in [5.41, 5.74) is 1.42. The van der Waals surface area contributed by atoms with Gasteiger partial charge in [-0.15, -0.1) is 0 Å². The Kier molecular flexibility index (Phi) is 5.28. The topological polar surface area (TPSA) is 61.6 Å². The third kappa shape index (κ3) is 4.45. The highest BCUT2D eigenvalue weighted by molar-refractivity contribution is 9.10. The van der Waals surface area contributed by atoms with E-state index in [9.17, 15) is 4.79 Å². The highest BCUT2D eigenvalue weighted by atomic mass is 79.9. The molecule has 0 saturated carbocycles. The van der Waals surface area contributed by atoms with Crippen molar-refractivity contribution in [3.8, 4) is 5.75 Å². The summed E-state index contributed by atoms with van der Waals surface area (Å²) in [6, 6.07) is 14.8. The Morgan fingerprint density at radius 1 is 1.12 bits per heavy atom. The molecular formula is C18H14BrNO4. The molecule has 0 aliphatic carbocycles. The largest absolute Gasteiger partial charge is 0.490 e. The number of para-hydroxylation sites is 2. The molecule has 2 aromatic carbocycles. The van der Waals surface area contributed by atoms with E-state index < -0.39 is 5.97 Å². The summed E-state index contributed by atoms with van der Waals surface area (Å²) >= 11 is 3.35. The van der Waals surface area contributed by atoms with E-state index in [0.717, 1.165) is 15.7 Å². The standard InChI is InChI=1S/C18H14BrNO4/c19-13-5-7-14(8-6-13)22-11-12-23-18(21)10-9-17-20-15-3-1-2-4-16(15)24-17/h1-10H,11-12H2/b10-9+. The molecular weight excluding hydrogens is 374 g/mol. The third-order valence-electron chi connectivity index (χ3n) is 3.08. The predicted octanol–water partition coefficient (Wildman–Crippen LogP) is 4.23. The summed E-state index contributed by atoms with van der Waals surface area (Å²) in [4.78, 5) is 15.9. The number of oxazole rings is 1. The van der Waals surface area contributed by atoms with Crippen LogP contribution in [0.5, 0.6) is 5.75 Å². The lowest BCUT2D eigenvalue weighted by Crippen LogP contribution is -2.10. The van der Waals surface area contributed by atoms with Gasteiger partial charge >= 0.3 is 5.97 Å². The number of aromatic nitrogens is 1. The van der Waals surface area contributed by atoms with E-state index in [1.165, 1.54) is 12.2 Å². The number of esters is 1. The fourth-order valence-electron chi connectivity index (χ4n) is 1.98. The van der Waals surface area contributed by atoms with Gasteiger partial charge in [0.1, 0.15) is 24.5 Å². The summed E-state index contributed by atoms with van der Waals surface area (Å²) < 4.78 is 17.0. The van der Waals surface area contributed by atoms with Crippen molar-refractivity contribution in [2.45, 2.75) is 0 Å². The van der Waals surface area contributed by atoms with Gasteiger partial charge in [0.25, 0.3) is 0 Å². The average molecular weight is 388 g/mol. The molecule has 0 atom stereocenters. The maximum atomic E-state index is 11.6. The van der Waals surface area contributed by atoms with Crippen LogP contribution in [0, 0.1) is 0 Å². The molecule has 5 nitrogen and oxygen atoms in total. The maximum Gasteiger partial charge on any atom is 0.331 e. The van der Waals surface area contributed by atoms with Crippen molar-refractivity contribution in [2.75, 3.05) is 13.2 Å². The van der Waals surface area contributed by atoms with Crippen LogP contribution in [-0.4, -0.2) is 24.2 Å². The summed E-state index contributed by atoms with van der Waals surface area (Å²) in [5.74, 6) is 0.604. The highest BCUT2D eigenvalue weighted by Gasteiger charge is 2.03. The van der Waals surface area contributed by atoms with Gasteiger partial charge in [0.15, 0.2) is 5.58 Å². The van der Waals surface area contributed by atoms with Crippen LogP contribution in [0.4, 0.5) is 0 Å². The summed E-state index contributed by atoms with van der Waals surface area (Å²) in [6.45, 7) is 0.441. The molecule has 1 heterocycles. The van der Waals surface area contributed by atoms with E-state index in [0.29, 0.717) is 11.5 Å². The molecule has 0 amide bonds. The number of hydrogen-bond acceptors (Lipinski definition) is 5. The summed E-state index contributed by atoms with van der Waals surface area (Å²) in [7, 11) is 0. The van der Waals surface area contributed by atoms with Gasteiger partial charge in [0.05, 0.1) is 0 Å². The molecule has 0 bridgehead atoms. The van der Waals surface area contributed by atoms with Gasteiger partial charge in [-0.3, -0.25) is 0 Å². The number of carbonyl (C=O) groups excluding carboxylic acids is 1. The van der Waals surface area contributed by atoms with E-state index in [2.05, 4.69) is 20.9 Å². The van der Waals surface area contributed by atoms with Crippen molar-refractivity contribution in [1.29, 1.82) is 0 Å². The number of benzene rings is 2. The normalized spacial score (nSPS) is 11.0. The fraction of sp³-hybridized carbons (Fsp3) is 0.111. The first-order chi connectivity index (χ1) is 11.7. The van der Waals surface area contributed by atoms with Crippen molar-refractivity contribution < 1.29 is 18.7 Å². The maximum absolute atomic E-state index is 11.6. The Labute approximate surface area is 147 Å². The number of rotatable bonds is 6. The minimum atomic E-state index is -0.475. The molecule has 0 radical (unpaired) electrons. The van der Waals surface area contributed by atoms with E-state index in [1.807, 2.05) is 48.5 Å². The number of ether oxygens (including phenoxy) is 2. The lowest BCUT2D eigenvalue weighted by Gasteiger charge is -2.06. The molecule has 3 aromatic rings.